The van der Waals surface area contributed by atoms with Gasteiger partial charge in [-0.05, 0) is 49.8 Å². The van der Waals surface area contributed by atoms with E-state index in [9.17, 15) is 4.79 Å². The van der Waals surface area contributed by atoms with E-state index >= 15 is 0 Å². The Hall–Kier alpha value is -1.02. The van der Waals surface area contributed by atoms with Crippen molar-refractivity contribution >= 4 is 23.1 Å². The molecular weight excluding hydrogens is 258 g/mol. The number of rotatable bonds is 4. The lowest BCUT2D eigenvalue weighted by molar-refractivity contribution is -0.116. The first-order valence-electron chi connectivity index (χ1n) is 7.04. The molecule has 1 aromatic rings. The number of carbonyl (C=O) groups is 1. The van der Waals surface area contributed by atoms with Gasteiger partial charge in [-0.3, -0.25) is 4.79 Å². The zero-order valence-corrected chi connectivity index (χ0v) is 12.5. The molecule has 1 unspecified atom stereocenters. The van der Waals surface area contributed by atoms with E-state index in [-0.39, 0.29) is 5.78 Å². The summed E-state index contributed by atoms with van der Waals surface area (Å²) >= 11 is 5.99. The molecule has 1 atom stereocenters. The molecule has 2 rings (SSSR count). The van der Waals surface area contributed by atoms with Gasteiger partial charge in [-0.25, -0.2) is 0 Å². The maximum Gasteiger partial charge on any atom is 0.147 e. The number of piperidine rings is 1. The minimum absolute atomic E-state index is 0.0377. The summed E-state index contributed by atoms with van der Waals surface area (Å²) in [5.41, 5.74) is 2.41. The van der Waals surface area contributed by atoms with E-state index in [1.807, 2.05) is 0 Å². The molecule has 1 aromatic carbocycles. The summed E-state index contributed by atoms with van der Waals surface area (Å²) in [6.45, 7) is 6.15. The number of ketones is 1. The summed E-state index contributed by atoms with van der Waals surface area (Å²) in [7, 11) is 0. The van der Waals surface area contributed by atoms with Gasteiger partial charge in [0.2, 0.25) is 0 Å². The normalized spacial score (nSPS) is 18.4. The van der Waals surface area contributed by atoms with E-state index in [4.69, 9.17) is 11.6 Å². The van der Waals surface area contributed by atoms with Crippen LogP contribution < -0.4 is 4.90 Å². The van der Waals surface area contributed by atoms with Crippen molar-refractivity contribution in [1.82, 2.24) is 0 Å². The minimum Gasteiger partial charge on any atom is -0.372 e. The number of alkyl halides is 1. The van der Waals surface area contributed by atoms with Crippen LogP contribution >= 0.6 is 11.6 Å². The van der Waals surface area contributed by atoms with E-state index in [1.165, 1.54) is 18.5 Å². The SMILES string of the molecule is CC(=O)C(Cl)Cc1ccc(N2CCC(C)CC2)cc1. The van der Waals surface area contributed by atoms with Gasteiger partial charge in [0.15, 0.2) is 0 Å². The number of Topliss-reactive ketones (excluding diaryl/α,β-unsaturated/α-hetero) is 1. The van der Waals surface area contributed by atoms with Crippen molar-refractivity contribution in [2.75, 3.05) is 18.0 Å². The second-order valence-corrected chi connectivity index (χ2v) is 6.15. The summed E-state index contributed by atoms with van der Waals surface area (Å²) in [5, 5.41) is -0.401. The van der Waals surface area contributed by atoms with Gasteiger partial charge in [0.05, 0.1) is 5.38 Å². The van der Waals surface area contributed by atoms with Gasteiger partial charge in [-0.2, -0.15) is 0 Å². The van der Waals surface area contributed by atoms with Crippen LogP contribution in [0.15, 0.2) is 24.3 Å². The highest BCUT2D eigenvalue weighted by Gasteiger charge is 2.16. The number of halogens is 1. The second-order valence-electron chi connectivity index (χ2n) is 5.62. The largest absolute Gasteiger partial charge is 0.372 e. The molecule has 0 spiro atoms. The fourth-order valence-electron chi connectivity index (χ4n) is 2.46. The lowest BCUT2D eigenvalue weighted by atomic mass is 9.98. The Morgan fingerprint density at radius 3 is 2.42 bits per heavy atom. The molecule has 1 saturated heterocycles. The Kier molecular flexibility index (Phi) is 4.87. The van der Waals surface area contributed by atoms with E-state index in [0.29, 0.717) is 6.42 Å². The molecule has 0 aromatic heterocycles. The van der Waals surface area contributed by atoms with Crippen LogP contribution in [-0.2, 0) is 11.2 Å². The molecule has 104 valence electrons. The van der Waals surface area contributed by atoms with E-state index in [0.717, 1.165) is 24.6 Å². The van der Waals surface area contributed by atoms with Crippen molar-refractivity contribution < 1.29 is 4.79 Å². The van der Waals surface area contributed by atoms with Crippen molar-refractivity contribution in [3.8, 4) is 0 Å². The van der Waals surface area contributed by atoms with Gasteiger partial charge >= 0.3 is 0 Å². The third-order valence-corrected chi connectivity index (χ3v) is 4.40. The number of benzene rings is 1. The molecule has 1 aliphatic heterocycles. The lowest BCUT2D eigenvalue weighted by Gasteiger charge is -2.32. The van der Waals surface area contributed by atoms with Gasteiger partial charge in [-0.1, -0.05) is 19.1 Å². The van der Waals surface area contributed by atoms with Crippen LogP contribution in [0, 0.1) is 5.92 Å². The molecule has 0 amide bonds. The predicted molar refractivity (Wildman–Crippen MR) is 81.1 cm³/mol. The van der Waals surface area contributed by atoms with Crippen molar-refractivity contribution in [3.05, 3.63) is 29.8 Å². The first kappa shape index (κ1) is 14.4. The molecule has 0 radical (unpaired) electrons. The monoisotopic (exact) mass is 279 g/mol. The van der Waals surface area contributed by atoms with Gasteiger partial charge in [0, 0.05) is 18.8 Å². The summed E-state index contributed by atoms with van der Waals surface area (Å²) in [6.07, 6.45) is 3.17. The van der Waals surface area contributed by atoms with Gasteiger partial charge in [-0.15, -0.1) is 11.6 Å². The summed E-state index contributed by atoms with van der Waals surface area (Å²) in [6, 6.07) is 8.47. The summed E-state index contributed by atoms with van der Waals surface area (Å²) in [5.74, 6) is 0.888. The van der Waals surface area contributed by atoms with Crippen LogP contribution in [0.2, 0.25) is 0 Å². The fourth-order valence-corrected chi connectivity index (χ4v) is 2.64. The average molecular weight is 280 g/mol. The first-order valence-corrected chi connectivity index (χ1v) is 7.48. The fraction of sp³-hybridized carbons (Fsp3) is 0.562. The minimum atomic E-state index is -0.401. The third-order valence-electron chi connectivity index (χ3n) is 3.94. The van der Waals surface area contributed by atoms with Crippen LogP contribution in [0.5, 0.6) is 0 Å². The number of hydrogen-bond donors (Lipinski definition) is 0. The standard InChI is InChI=1S/C16H22ClNO/c1-12-7-9-18(10-8-12)15-5-3-14(4-6-15)11-16(17)13(2)19/h3-6,12,16H,7-11H2,1-2H3. The smallest absolute Gasteiger partial charge is 0.147 e. The summed E-state index contributed by atoms with van der Waals surface area (Å²) < 4.78 is 0. The molecule has 1 fully saturated rings. The molecule has 0 aliphatic carbocycles. The van der Waals surface area contributed by atoms with Crippen LogP contribution in [0.25, 0.3) is 0 Å². The van der Waals surface area contributed by atoms with Crippen molar-refractivity contribution in [2.24, 2.45) is 5.92 Å². The van der Waals surface area contributed by atoms with Crippen molar-refractivity contribution in [2.45, 2.75) is 38.5 Å². The van der Waals surface area contributed by atoms with Crippen LogP contribution in [-0.4, -0.2) is 24.2 Å². The van der Waals surface area contributed by atoms with Crippen molar-refractivity contribution in [3.63, 3.8) is 0 Å². The average Bonchev–Trinajstić information content (AvgIpc) is 2.40. The number of anilines is 1. The first-order chi connectivity index (χ1) is 9.06. The number of nitrogens with zero attached hydrogens (tertiary/aromatic N) is 1. The molecule has 0 bridgehead atoms. The van der Waals surface area contributed by atoms with Crippen molar-refractivity contribution in [1.29, 1.82) is 0 Å². The Balaban J connectivity index is 1.96. The van der Waals surface area contributed by atoms with Gasteiger partial charge < -0.3 is 4.90 Å². The Bertz CT molecular complexity index is 421. The zero-order valence-electron chi connectivity index (χ0n) is 11.7. The van der Waals surface area contributed by atoms with Gasteiger partial charge in [0.1, 0.15) is 5.78 Å². The molecule has 3 heteroatoms. The highest BCUT2D eigenvalue weighted by atomic mass is 35.5. The molecule has 0 saturated carbocycles. The van der Waals surface area contributed by atoms with E-state index in [2.05, 4.69) is 36.1 Å². The molecule has 19 heavy (non-hydrogen) atoms. The molecular formula is C16H22ClNO. The second kappa shape index (κ2) is 6.42. The Morgan fingerprint density at radius 2 is 1.89 bits per heavy atom. The lowest BCUT2D eigenvalue weighted by Crippen LogP contribution is -2.32. The zero-order chi connectivity index (χ0) is 13.8. The summed E-state index contributed by atoms with van der Waals surface area (Å²) in [4.78, 5) is 13.6. The predicted octanol–water partition coefficient (Wildman–Crippen LogP) is 3.66. The van der Waals surface area contributed by atoms with Crippen LogP contribution in [0.1, 0.15) is 32.3 Å². The van der Waals surface area contributed by atoms with Gasteiger partial charge in [0.25, 0.3) is 0 Å². The highest BCUT2D eigenvalue weighted by Crippen LogP contribution is 2.23. The van der Waals surface area contributed by atoms with Crippen LogP contribution in [0.3, 0.4) is 0 Å². The molecule has 1 heterocycles. The maximum absolute atomic E-state index is 11.2. The third kappa shape index (κ3) is 3.97. The van der Waals surface area contributed by atoms with E-state index < -0.39 is 5.38 Å². The number of carbonyl (C=O) groups excluding carboxylic acids is 1. The Labute approximate surface area is 120 Å². The van der Waals surface area contributed by atoms with Crippen LogP contribution in [0.4, 0.5) is 5.69 Å². The molecule has 1 aliphatic rings. The quantitative estimate of drug-likeness (QED) is 0.784. The Morgan fingerprint density at radius 1 is 1.32 bits per heavy atom. The number of hydrogen-bond acceptors (Lipinski definition) is 2. The topological polar surface area (TPSA) is 20.3 Å². The van der Waals surface area contributed by atoms with E-state index in [1.54, 1.807) is 6.92 Å². The highest BCUT2D eigenvalue weighted by molar-refractivity contribution is 6.30. The maximum atomic E-state index is 11.2. The molecule has 0 N–H and O–H groups in total. The molecule has 2 nitrogen and oxygen atoms in total.